The van der Waals surface area contributed by atoms with E-state index in [1.807, 2.05) is 11.0 Å². The van der Waals surface area contributed by atoms with Gasteiger partial charge in [0.15, 0.2) is 5.69 Å². The van der Waals surface area contributed by atoms with E-state index in [2.05, 4.69) is 15.3 Å². The van der Waals surface area contributed by atoms with Crippen LogP contribution in [0.15, 0.2) is 30.5 Å². The van der Waals surface area contributed by atoms with Crippen LogP contribution in [0.1, 0.15) is 23.3 Å². The third-order valence-electron chi connectivity index (χ3n) is 4.34. The molecule has 4 rings (SSSR count). The number of amides is 2. The molecule has 0 bridgehead atoms. The van der Waals surface area contributed by atoms with Gasteiger partial charge >= 0.3 is 0 Å². The minimum absolute atomic E-state index is 0.0742. The summed E-state index contributed by atoms with van der Waals surface area (Å²) in [5.74, 6) is -0.160. The maximum absolute atomic E-state index is 13.0. The van der Waals surface area contributed by atoms with Crippen molar-refractivity contribution >= 4 is 40.7 Å². The molecule has 0 spiro atoms. The minimum atomic E-state index is -0.407. The molecule has 2 amide bonds. The fraction of sp³-hybridized carbons (Fsp3) is 0.294. The van der Waals surface area contributed by atoms with Crippen molar-refractivity contribution in [3.8, 4) is 0 Å². The van der Waals surface area contributed by atoms with E-state index in [-0.39, 0.29) is 23.2 Å². The second-order valence-electron chi connectivity index (χ2n) is 6.02. The van der Waals surface area contributed by atoms with E-state index >= 15 is 0 Å². The molecule has 8 heteroatoms. The quantitative estimate of drug-likeness (QED) is 0.892. The van der Waals surface area contributed by atoms with Gasteiger partial charge in [-0.2, -0.15) is 0 Å². The predicted octanol–water partition coefficient (Wildman–Crippen LogP) is 2.33. The Morgan fingerprint density at radius 1 is 1.20 bits per heavy atom. The Morgan fingerprint density at radius 2 is 1.96 bits per heavy atom. The van der Waals surface area contributed by atoms with Crippen LogP contribution in [0.4, 0.5) is 17.3 Å². The topological polar surface area (TPSA) is 78.4 Å². The molecule has 0 saturated carbocycles. The lowest BCUT2D eigenvalue weighted by molar-refractivity contribution is -0.115. The highest BCUT2D eigenvalue weighted by atomic mass is 35.5. The summed E-state index contributed by atoms with van der Waals surface area (Å²) in [7, 11) is 0. The fourth-order valence-corrected chi connectivity index (χ4v) is 3.29. The number of halogens is 1. The lowest BCUT2D eigenvalue weighted by Crippen LogP contribution is -2.42. The normalized spacial score (nSPS) is 16.6. The van der Waals surface area contributed by atoms with Gasteiger partial charge in [-0.05, 0) is 25.0 Å². The highest BCUT2D eigenvalue weighted by molar-refractivity contribution is 6.34. The smallest absolute Gasteiger partial charge is 0.279 e. The summed E-state index contributed by atoms with van der Waals surface area (Å²) in [4.78, 5) is 37.1. The molecular weight excluding hydrogens is 342 g/mol. The maximum atomic E-state index is 13.0. The molecule has 0 aliphatic carbocycles. The molecule has 1 aromatic carbocycles. The SMILES string of the molecule is O=C1CN(C(=O)c2nc(N3CCCC3)ncc2Cl)c2ccccc2N1. The number of fused-ring (bicyclic) bond motifs is 1. The molecule has 1 fully saturated rings. The summed E-state index contributed by atoms with van der Waals surface area (Å²) in [5.41, 5.74) is 1.34. The van der Waals surface area contributed by atoms with E-state index in [1.165, 1.54) is 11.1 Å². The van der Waals surface area contributed by atoms with Gasteiger partial charge in [0, 0.05) is 13.1 Å². The first-order valence-corrected chi connectivity index (χ1v) is 8.49. The standard InChI is InChI=1S/C17H16ClN5O2/c18-11-9-19-17(22-7-3-4-8-22)21-15(11)16(25)23-10-14(24)20-12-5-1-2-6-13(12)23/h1-2,5-6,9H,3-4,7-8,10H2,(H,20,24). The number of hydrogen-bond acceptors (Lipinski definition) is 5. The third kappa shape index (κ3) is 2.91. The summed E-state index contributed by atoms with van der Waals surface area (Å²) in [6, 6.07) is 7.15. The molecule has 128 valence electrons. The summed E-state index contributed by atoms with van der Waals surface area (Å²) in [5, 5.41) is 2.94. The molecule has 1 N–H and O–H groups in total. The van der Waals surface area contributed by atoms with Crippen LogP contribution < -0.4 is 15.1 Å². The molecule has 3 heterocycles. The number of nitrogens with zero attached hydrogens (tertiary/aromatic N) is 4. The molecule has 1 saturated heterocycles. The Morgan fingerprint density at radius 3 is 2.76 bits per heavy atom. The highest BCUT2D eigenvalue weighted by Crippen LogP contribution is 2.31. The molecule has 0 unspecified atom stereocenters. The van der Waals surface area contributed by atoms with E-state index in [0.29, 0.717) is 17.3 Å². The molecule has 1 aromatic heterocycles. The molecular formula is C17H16ClN5O2. The summed E-state index contributed by atoms with van der Waals surface area (Å²) in [6.45, 7) is 1.66. The third-order valence-corrected chi connectivity index (χ3v) is 4.62. The number of anilines is 3. The zero-order chi connectivity index (χ0) is 17.4. The molecule has 0 atom stereocenters. The van der Waals surface area contributed by atoms with E-state index in [9.17, 15) is 9.59 Å². The van der Waals surface area contributed by atoms with Crippen LogP contribution in [0, 0.1) is 0 Å². The number of rotatable bonds is 2. The molecule has 2 aromatic rings. The second kappa shape index (κ2) is 6.33. The number of para-hydroxylation sites is 2. The van der Waals surface area contributed by atoms with Crippen molar-refractivity contribution in [1.29, 1.82) is 0 Å². The van der Waals surface area contributed by atoms with Crippen LogP contribution in [0.3, 0.4) is 0 Å². The minimum Gasteiger partial charge on any atom is -0.341 e. The van der Waals surface area contributed by atoms with Crippen LogP contribution in [-0.2, 0) is 4.79 Å². The van der Waals surface area contributed by atoms with Crippen molar-refractivity contribution in [2.24, 2.45) is 0 Å². The first-order valence-electron chi connectivity index (χ1n) is 8.12. The van der Waals surface area contributed by atoms with Gasteiger partial charge in [0.1, 0.15) is 6.54 Å². The predicted molar refractivity (Wildman–Crippen MR) is 95.2 cm³/mol. The van der Waals surface area contributed by atoms with Gasteiger partial charge in [0.2, 0.25) is 11.9 Å². The number of benzene rings is 1. The van der Waals surface area contributed by atoms with Crippen molar-refractivity contribution in [3.05, 3.63) is 41.2 Å². The van der Waals surface area contributed by atoms with Gasteiger partial charge in [0.25, 0.3) is 5.91 Å². The number of aromatic nitrogens is 2. The van der Waals surface area contributed by atoms with Gasteiger partial charge in [0.05, 0.1) is 22.6 Å². The Balaban J connectivity index is 1.71. The first-order chi connectivity index (χ1) is 12.1. The summed E-state index contributed by atoms with van der Waals surface area (Å²) >= 11 is 6.19. The highest BCUT2D eigenvalue weighted by Gasteiger charge is 2.30. The van der Waals surface area contributed by atoms with Gasteiger partial charge in [-0.1, -0.05) is 23.7 Å². The summed E-state index contributed by atoms with van der Waals surface area (Å²) in [6.07, 6.45) is 3.61. The molecule has 2 aliphatic rings. The van der Waals surface area contributed by atoms with E-state index in [4.69, 9.17) is 11.6 Å². The van der Waals surface area contributed by atoms with Crippen LogP contribution in [-0.4, -0.2) is 41.4 Å². The average molecular weight is 358 g/mol. The van der Waals surface area contributed by atoms with Gasteiger partial charge < -0.3 is 10.2 Å². The van der Waals surface area contributed by atoms with Crippen LogP contribution >= 0.6 is 11.6 Å². The fourth-order valence-electron chi connectivity index (χ4n) is 3.12. The Hall–Kier alpha value is -2.67. The first kappa shape index (κ1) is 15.8. The molecule has 7 nitrogen and oxygen atoms in total. The molecule has 25 heavy (non-hydrogen) atoms. The Labute approximate surface area is 149 Å². The molecule has 0 radical (unpaired) electrons. The van der Waals surface area contributed by atoms with Crippen LogP contribution in [0.2, 0.25) is 5.02 Å². The second-order valence-corrected chi connectivity index (χ2v) is 6.42. The lowest BCUT2D eigenvalue weighted by atomic mass is 10.1. The summed E-state index contributed by atoms with van der Waals surface area (Å²) < 4.78 is 0. The van der Waals surface area contributed by atoms with E-state index in [1.54, 1.807) is 18.2 Å². The number of hydrogen-bond donors (Lipinski definition) is 1. The van der Waals surface area contributed by atoms with Gasteiger partial charge in [-0.3, -0.25) is 14.5 Å². The van der Waals surface area contributed by atoms with Crippen LogP contribution in [0.5, 0.6) is 0 Å². The zero-order valence-corrected chi connectivity index (χ0v) is 14.2. The lowest BCUT2D eigenvalue weighted by Gasteiger charge is -2.29. The van der Waals surface area contributed by atoms with Gasteiger partial charge in [-0.25, -0.2) is 9.97 Å². The van der Waals surface area contributed by atoms with Crippen molar-refractivity contribution in [2.75, 3.05) is 34.8 Å². The molecule has 2 aliphatic heterocycles. The number of nitrogens with one attached hydrogen (secondary N) is 1. The van der Waals surface area contributed by atoms with Crippen molar-refractivity contribution in [1.82, 2.24) is 9.97 Å². The monoisotopic (exact) mass is 357 g/mol. The largest absolute Gasteiger partial charge is 0.341 e. The van der Waals surface area contributed by atoms with Gasteiger partial charge in [-0.15, -0.1) is 0 Å². The average Bonchev–Trinajstić information content (AvgIpc) is 3.15. The maximum Gasteiger partial charge on any atom is 0.279 e. The Kier molecular flexibility index (Phi) is 4.01. The van der Waals surface area contributed by atoms with Crippen molar-refractivity contribution in [3.63, 3.8) is 0 Å². The van der Waals surface area contributed by atoms with E-state index < -0.39 is 5.91 Å². The number of carbonyl (C=O) groups excluding carboxylic acids is 2. The zero-order valence-electron chi connectivity index (χ0n) is 13.4. The van der Waals surface area contributed by atoms with Crippen LogP contribution in [0.25, 0.3) is 0 Å². The Bertz CT molecular complexity index is 851. The van der Waals surface area contributed by atoms with Crippen molar-refractivity contribution in [2.45, 2.75) is 12.8 Å². The van der Waals surface area contributed by atoms with E-state index in [0.717, 1.165) is 25.9 Å². The number of carbonyl (C=O) groups is 2. The van der Waals surface area contributed by atoms with Crippen molar-refractivity contribution < 1.29 is 9.59 Å².